The zero-order valence-corrected chi connectivity index (χ0v) is 12.2. The highest BCUT2D eigenvalue weighted by Crippen LogP contribution is 2.04. The van der Waals surface area contributed by atoms with Crippen LogP contribution in [0, 0.1) is 0 Å². The smallest absolute Gasteiger partial charge is 0.221 e. The summed E-state index contributed by atoms with van der Waals surface area (Å²) in [6.07, 6.45) is 0.391. The van der Waals surface area contributed by atoms with Gasteiger partial charge in [0.15, 0.2) is 0 Å². The number of ether oxygens (including phenoxy) is 1. The van der Waals surface area contributed by atoms with Crippen molar-refractivity contribution >= 4 is 27.2 Å². The Kier molecular flexibility index (Phi) is 6.44. The van der Waals surface area contributed by atoms with E-state index in [1.54, 1.807) is 6.92 Å². The third-order valence-corrected chi connectivity index (χ3v) is 5.27. The Morgan fingerprint density at radius 1 is 1.50 bits per heavy atom. The quantitative estimate of drug-likeness (QED) is 0.604. The van der Waals surface area contributed by atoms with E-state index in [0.29, 0.717) is 32.7 Å². The summed E-state index contributed by atoms with van der Waals surface area (Å²) in [5, 5.41) is -0.780. The Morgan fingerprint density at radius 3 is 2.61 bits per heavy atom. The number of nitrogens with zero attached hydrogens (tertiary/aromatic N) is 1. The first-order valence-corrected chi connectivity index (χ1v) is 8.00. The predicted octanol–water partition coefficient (Wildman–Crippen LogP) is -0.697. The first kappa shape index (κ1) is 15.8. The molecule has 1 aliphatic heterocycles. The van der Waals surface area contributed by atoms with Gasteiger partial charge in [0.1, 0.15) is 5.25 Å². The van der Waals surface area contributed by atoms with Crippen molar-refractivity contribution in [3.8, 4) is 0 Å². The average Bonchev–Trinajstić information content (AvgIpc) is 2.30. The third kappa shape index (κ3) is 4.77. The molecule has 0 aromatic heterocycles. The highest BCUT2D eigenvalue weighted by atomic mass is 32.2. The first-order valence-electron chi connectivity index (χ1n) is 6.05. The number of sulfonamides is 1. The van der Waals surface area contributed by atoms with Crippen LogP contribution in [0.4, 0.5) is 0 Å². The van der Waals surface area contributed by atoms with Crippen LogP contribution in [0.1, 0.15) is 13.3 Å². The molecule has 0 saturated carbocycles. The second kappa shape index (κ2) is 7.34. The Labute approximate surface area is 114 Å². The van der Waals surface area contributed by atoms with Crippen molar-refractivity contribution in [3.05, 3.63) is 0 Å². The molecule has 0 aromatic rings. The molecule has 1 atom stereocenters. The van der Waals surface area contributed by atoms with Crippen LogP contribution in [0.3, 0.4) is 0 Å². The molecule has 1 aliphatic rings. The summed E-state index contributed by atoms with van der Waals surface area (Å²) >= 11 is 4.77. The monoisotopic (exact) mass is 295 g/mol. The van der Waals surface area contributed by atoms with Crippen molar-refractivity contribution in [3.63, 3.8) is 0 Å². The molecular formula is C10H21N3O3S2. The maximum absolute atomic E-state index is 11.9. The number of rotatable bonds is 7. The minimum absolute atomic E-state index is 0.0244. The molecule has 0 spiro atoms. The molecule has 1 rings (SSSR count). The molecule has 1 heterocycles. The molecule has 106 valence electrons. The zero-order chi connectivity index (χ0) is 13.6. The van der Waals surface area contributed by atoms with Gasteiger partial charge in [0.25, 0.3) is 0 Å². The highest BCUT2D eigenvalue weighted by Gasteiger charge is 2.25. The van der Waals surface area contributed by atoms with Crippen LogP contribution in [0.15, 0.2) is 0 Å². The van der Waals surface area contributed by atoms with Crippen molar-refractivity contribution in [2.75, 3.05) is 39.4 Å². The Hall–Kier alpha value is -0.280. The summed E-state index contributed by atoms with van der Waals surface area (Å²) in [7, 11) is -3.45. The lowest BCUT2D eigenvalue weighted by atomic mass is 10.3. The number of hydrogen-bond donors (Lipinski definition) is 2. The van der Waals surface area contributed by atoms with E-state index in [1.807, 2.05) is 0 Å². The molecule has 0 radical (unpaired) electrons. The molecule has 3 N–H and O–H groups in total. The summed E-state index contributed by atoms with van der Waals surface area (Å²) in [5.41, 5.74) is 5.43. The fourth-order valence-electron chi connectivity index (χ4n) is 1.84. The molecule has 0 bridgehead atoms. The van der Waals surface area contributed by atoms with Crippen molar-refractivity contribution < 1.29 is 13.2 Å². The second-order valence-electron chi connectivity index (χ2n) is 4.19. The van der Waals surface area contributed by atoms with Crippen LogP contribution in [0.25, 0.3) is 0 Å². The Bertz CT molecular complexity index is 367. The van der Waals surface area contributed by atoms with E-state index >= 15 is 0 Å². The van der Waals surface area contributed by atoms with Crippen LogP contribution in [0.2, 0.25) is 0 Å². The highest BCUT2D eigenvalue weighted by molar-refractivity contribution is 7.93. The number of hydrogen-bond acceptors (Lipinski definition) is 5. The minimum atomic E-state index is -3.45. The van der Waals surface area contributed by atoms with Gasteiger partial charge < -0.3 is 10.5 Å². The molecule has 0 aromatic carbocycles. The van der Waals surface area contributed by atoms with Gasteiger partial charge in [-0.05, 0) is 6.42 Å². The third-order valence-electron chi connectivity index (χ3n) is 2.90. The summed E-state index contributed by atoms with van der Waals surface area (Å²) in [5.74, 6) is 0. The van der Waals surface area contributed by atoms with Crippen molar-refractivity contribution in [2.45, 2.75) is 18.6 Å². The van der Waals surface area contributed by atoms with Crippen LogP contribution < -0.4 is 10.5 Å². The van der Waals surface area contributed by atoms with Gasteiger partial charge in [0.2, 0.25) is 10.0 Å². The molecule has 6 nitrogen and oxygen atoms in total. The summed E-state index contributed by atoms with van der Waals surface area (Å²) in [6.45, 7) is 5.90. The molecular weight excluding hydrogens is 274 g/mol. The number of nitrogens with two attached hydrogens (primary N) is 1. The van der Waals surface area contributed by atoms with Gasteiger partial charge in [-0.25, -0.2) is 13.1 Å². The first-order chi connectivity index (χ1) is 8.47. The molecule has 18 heavy (non-hydrogen) atoms. The van der Waals surface area contributed by atoms with Gasteiger partial charge in [0, 0.05) is 26.2 Å². The van der Waals surface area contributed by atoms with Gasteiger partial charge in [-0.1, -0.05) is 19.1 Å². The normalized spacial score (nSPS) is 19.6. The van der Waals surface area contributed by atoms with Gasteiger partial charge in [0.05, 0.1) is 18.2 Å². The van der Waals surface area contributed by atoms with Gasteiger partial charge in [-0.15, -0.1) is 0 Å². The fraction of sp³-hybridized carbons (Fsp3) is 0.900. The molecule has 8 heteroatoms. The lowest BCUT2D eigenvalue weighted by Crippen LogP contribution is -2.45. The fourth-order valence-corrected chi connectivity index (χ4v) is 3.71. The van der Waals surface area contributed by atoms with E-state index < -0.39 is 15.3 Å². The number of thiocarbonyl (C=S) groups is 1. The maximum atomic E-state index is 11.9. The van der Waals surface area contributed by atoms with E-state index in [0.717, 1.165) is 13.1 Å². The summed E-state index contributed by atoms with van der Waals surface area (Å²) < 4.78 is 31.6. The topological polar surface area (TPSA) is 84.7 Å². The Morgan fingerprint density at radius 2 is 2.11 bits per heavy atom. The summed E-state index contributed by atoms with van der Waals surface area (Å²) in [6, 6.07) is 0. The van der Waals surface area contributed by atoms with E-state index in [9.17, 15) is 8.42 Å². The zero-order valence-electron chi connectivity index (χ0n) is 10.6. The maximum Gasteiger partial charge on any atom is 0.221 e. The van der Waals surface area contributed by atoms with E-state index in [2.05, 4.69) is 9.62 Å². The lowest BCUT2D eigenvalue weighted by Gasteiger charge is -2.26. The van der Waals surface area contributed by atoms with Gasteiger partial charge >= 0.3 is 0 Å². The SMILES string of the molecule is CCC(C(N)=S)S(=O)(=O)NCCN1CCOCC1. The summed E-state index contributed by atoms with van der Waals surface area (Å²) in [4.78, 5) is 2.18. The lowest BCUT2D eigenvalue weighted by molar-refractivity contribution is 0.0390. The van der Waals surface area contributed by atoms with Crippen molar-refractivity contribution in [1.82, 2.24) is 9.62 Å². The molecule has 1 saturated heterocycles. The average molecular weight is 295 g/mol. The molecule has 0 aliphatic carbocycles. The molecule has 0 amide bonds. The van der Waals surface area contributed by atoms with Crippen molar-refractivity contribution in [2.24, 2.45) is 5.73 Å². The van der Waals surface area contributed by atoms with Crippen molar-refractivity contribution in [1.29, 1.82) is 0 Å². The number of morpholine rings is 1. The largest absolute Gasteiger partial charge is 0.392 e. The van der Waals surface area contributed by atoms with Crippen LogP contribution in [-0.2, 0) is 14.8 Å². The van der Waals surface area contributed by atoms with Crippen LogP contribution >= 0.6 is 12.2 Å². The standard InChI is InChI=1S/C10H21N3O3S2/c1-2-9(10(11)17)18(14,15)12-3-4-13-5-7-16-8-6-13/h9,12H,2-8H2,1H3,(H2,11,17). The predicted molar refractivity (Wildman–Crippen MR) is 75.0 cm³/mol. The van der Waals surface area contributed by atoms with Crippen LogP contribution in [0.5, 0.6) is 0 Å². The van der Waals surface area contributed by atoms with Gasteiger partial charge in [-0.2, -0.15) is 0 Å². The molecule has 1 fully saturated rings. The van der Waals surface area contributed by atoms with E-state index in [1.165, 1.54) is 0 Å². The van der Waals surface area contributed by atoms with Gasteiger partial charge in [-0.3, -0.25) is 4.90 Å². The second-order valence-corrected chi connectivity index (χ2v) is 6.61. The van der Waals surface area contributed by atoms with Crippen LogP contribution in [-0.4, -0.2) is 62.9 Å². The Balaban J connectivity index is 2.38. The molecule has 1 unspecified atom stereocenters. The van der Waals surface area contributed by atoms with E-state index in [-0.39, 0.29) is 4.99 Å². The number of nitrogens with one attached hydrogen (secondary N) is 1. The van der Waals surface area contributed by atoms with E-state index in [4.69, 9.17) is 22.7 Å². The minimum Gasteiger partial charge on any atom is -0.392 e.